The fourth-order valence-electron chi connectivity index (χ4n) is 2.60. The third-order valence-electron chi connectivity index (χ3n) is 3.72. The van der Waals surface area contributed by atoms with Crippen LogP contribution in [0.2, 0.25) is 0 Å². The lowest BCUT2D eigenvalue weighted by Gasteiger charge is -2.28. The molecule has 1 saturated heterocycles. The first kappa shape index (κ1) is 13.6. The van der Waals surface area contributed by atoms with Crippen LogP contribution in [0, 0.1) is 0 Å². The zero-order chi connectivity index (χ0) is 14.4. The smallest absolute Gasteiger partial charge is 0.243 e. The molecule has 1 aromatic carbocycles. The molecule has 4 nitrogen and oxygen atoms in total. The summed E-state index contributed by atoms with van der Waals surface area (Å²) in [7, 11) is -3.36. The molecule has 0 amide bonds. The fraction of sp³-hybridized carbons (Fsp3) is 0.467. The normalized spacial score (nSPS) is 21.5. The number of fused-ring (bicyclic) bond motifs is 1. The van der Waals surface area contributed by atoms with Crippen LogP contribution in [0.15, 0.2) is 29.2 Å². The number of hydrogen-bond donors (Lipinski definition) is 0. The topological polar surface area (TPSA) is 46.6 Å². The number of ether oxygens (including phenoxy) is 1. The van der Waals surface area contributed by atoms with E-state index in [4.69, 9.17) is 4.74 Å². The average molecular weight is 293 g/mol. The highest BCUT2D eigenvalue weighted by molar-refractivity contribution is 7.89. The highest BCUT2D eigenvalue weighted by Gasteiger charge is 2.29. The molecular formula is C15H19NO3S. The maximum absolute atomic E-state index is 12.5. The van der Waals surface area contributed by atoms with Crippen LogP contribution >= 0.6 is 0 Å². The Hall–Kier alpha value is -1.33. The second-order valence-electron chi connectivity index (χ2n) is 5.85. The van der Waals surface area contributed by atoms with Gasteiger partial charge in [0.2, 0.25) is 10.0 Å². The predicted octanol–water partition coefficient (Wildman–Crippen LogP) is 2.66. The van der Waals surface area contributed by atoms with Gasteiger partial charge in [0.1, 0.15) is 11.4 Å². The molecule has 2 heterocycles. The van der Waals surface area contributed by atoms with Gasteiger partial charge >= 0.3 is 0 Å². The molecule has 0 unspecified atom stereocenters. The molecule has 20 heavy (non-hydrogen) atoms. The fourth-order valence-corrected chi connectivity index (χ4v) is 4.15. The first-order valence-corrected chi connectivity index (χ1v) is 8.35. The average Bonchev–Trinajstić information content (AvgIpc) is 2.91. The van der Waals surface area contributed by atoms with Crippen molar-refractivity contribution >= 4 is 16.1 Å². The highest BCUT2D eigenvalue weighted by atomic mass is 32.2. The molecule has 0 N–H and O–H groups in total. The molecule has 0 aromatic heterocycles. The van der Waals surface area contributed by atoms with Crippen molar-refractivity contribution in [3.63, 3.8) is 0 Å². The van der Waals surface area contributed by atoms with E-state index >= 15 is 0 Å². The van der Waals surface area contributed by atoms with Gasteiger partial charge in [-0.1, -0.05) is 6.08 Å². The largest absolute Gasteiger partial charge is 0.483 e. The van der Waals surface area contributed by atoms with Gasteiger partial charge in [0, 0.05) is 18.7 Å². The van der Waals surface area contributed by atoms with Gasteiger partial charge in [-0.2, -0.15) is 4.31 Å². The molecule has 0 aliphatic carbocycles. The molecule has 0 atom stereocenters. The molecule has 0 radical (unpaired) electrons. The molecular weight excluding hydrogens is 274 g/mol. The monoisotopic (exact) mass is 293 g/mol. The van der Waals surface area contributed by atoms with Crippen LogP contribution in [0.1, 0.15) is 32.3 Å². The molecule has 0 spiro atoms. The minimum absolute atomic E-state index is 0.345. The Morgan fingerprint density at radius 1 is 1.20 bits per heavy atom. The zero-order valence-electron chi connectivity index (χ0n) is 11.8. The first-order chi connectivity index (χ1) is 9.38. The highest BCUT2D eigenvalue weighted by Crippen LogP contribution is 2.33. The van der Waals surface area contributed by atoms with Crippen molar-refractivity contribution < 1.29 is 13.2 Å². The lowest BCUT2D eigenvalue weighted by Crippen LogP contribution is -2.29. The third kappa shape index (κ3) is 2.36. The van der Waals surface area contributed by atoms with Gasteiger partial charge in [0.15, 0.2) is 0 Å². The van der Waals surface area contributed by atoms with Crippen molar-refractivity contribution in [1.82, 2.24) is 4.31 Å². The number of nitrogens with zero attached hydrogens (tertiary/aromatic N) is 1. The predicted molar refractivity (Wildman–Crippen MR) is 78.2 cm³/mol. The number of sulfonamides is 1. The second kappa shape index (κ2) is 4.60. The van der Waals surface area contributed by atoms with Crippen molar-refractivity contribution in [3.05, 3.63) is 29.8 Å². The summed E-state index contributed by atoms with van der Waals surface area (Å²) in [5.74, 6) is 0.734. The van der Waals surface area contributed by atoms with Crippen LogP contribution in [0.3, 0.4) is 0 Å². The van der Waals surface area contributed by atoms with E-state index in [9.17, 15) is 8.42 Å². The van der Waals surface area contributed by atoms with Gasteiger partial charge in [-0.25, -0.2) is 8.42 Å². The molecule has 5 heteroatoms. The summed E-state index contributed by atoms with van der Waals surface area (Å²) in [6.07, 6.45) is 5.77. The molecule has 1 aromatic rings. The maximum Gasteiger partial charge on any atom is 0.243 e. The molecule has 2 aliphatic rings. The summed E-state index contributed by atoms with van der Waals surface area (Å²) in [6, 6.07) is 5.10. The zero-order valence-corrected chi connectivity index (χ0v) is 12.6. The van der Waals surface area contributed by atoms with E-state index in [2.05, 4.69) is 0 Å². The Morgan fingerprint density at radius 2 is 1.90 bits per heavy atom. The van der Waals surface area contributed by atoms with E-state index in [1.165, 1.54) is 0 Å². The lowest BCUT2D eigenvalue weighted by atomic mass is 10.0. The van der Waals surface area contributed by atoms with Gasteiger partial charge in [-0.3, -0.25) is 0 Å². The molecule has 0 saturated carbocycles. The molecule has 2 aliphatic heterocycles. The number of hydrogen-bond acceptors (Lipinski definition) is 3. The second-order valence-corrected chi connectivity index (χ2v) is 7.79. The van der Waals surface area contributed by atoms with Crippen LogP contribution < -0.4 is 4.74 Å². The minimum Gasteiger partial charge on any atom is -0.483 e. The van der Waals surface area contributed by atoms with Gasteiger partial charge in [0.05, 0.1) is 4.90 Å². The number of rotatable bonds is 2. The van der Waals surface area contributed by atoms with Gasteiger partial charge in [-0.05, 0) is 51.0 Å². The SMILES string of the molecule is CC1(C)C=Cc2cc(S(=O)(=O)N3CCCC3)ccc2O1. The van der Waals surface area contributed by atoms with Gasteiger partial charge in [0.25, 0.3) is 0 Å². The van der Waals surface area contributed by atoms with Gasteiger partial charge < -0.3 is 4.74 Å². The Balaban J connectivity index is 1.97. The Labute approximate surface area is 120 Å². The summed E-state index contributed by atoms with van der Waals surface area (Å²) >= 11 is 0. The van der Waals surface area contributed by atoms with Crippen molar-refractivity contribution in [1.29, 1.82) is 0 Å². The van der Waals surface area contributed by atoms with E-state index in [0.717, 1.165) is 24.2 Å². The summed E-state index contributed by atoms with van der Waals surface area (Å²) in [6.45, 7) is 5.19. The maximum atomic E-state index is 12.5. The standard InChI is InChI=1S/C15H19NO3S/c1-15(2)8-7-12-11-13(5-6-14(12)19-15)20(17,18)16-9-3-4-10-16/h5-8,11H,3-4,9-10H2,1-2H3. The Kier molecular flexibility index (Phi) is 3.14. The number of benzene rings is 1. The summed E-state index contributed by atoms with van der Waals surface area (Å²) in [5, 5.41) is 0. The minimum atomic E-state index is -3.36. The van der Waals surface area contributed by atoms with E-state index in [-0.39, 0.29) is 5.60 Å². The molecule has 108 valence electrons. The summed E-state index contributed by atoms with van der Waals surface area (Å²) < 4.78 is 32.4. The van der Waals surface area contributed by atoms with Crippen molar-refractivity contribution in [2.45, 2.75) is 37.2 Å². The molecule has 1 fully saturated rings. The van der Waals surface area contributed by atoms with Crippen LogP contribution in [0.4, 0.5) is 0 Å². The van der Waals surface area contributed by atoms with Crippen molar-refractivity contribution in [2.24, 2.45) is 0 Å². The van der Waals surface area contributed by atoms with Crippen LogP contribution in [0.5, 0.6) is 5.75 Å². The van der Waals surface area contributed by atoms with Crippen LogP contribution in [-0.4, -0.2) is 31.4 Å². The van der Waals surface area contributed by atoms with E-state index < -0.39 is 10.0 Å². The summed E-state index contributed by atoms with van der Waals surface area (Å²) in [5.41, 5.74) is 0.479. The lowest BCUT2D eigenvalue weighted by molar-refractivity contribution is 0.159. The van der Waals surface area contributed by atoms with E-state index in [0.29, 0.717) is 18.0 Å². The van der Waals surface area contributed by atoms with E-state index in [1.54, 1.807) is 22.5 Å². The molecule has 0 bridgehead atoms. The van der Waals surface area contributed by atoms with Crippen LogP contribution in [0.25, 0.3) is 6.08 Å². The Morgan fingerprint density at radius 3 is 2.60 bits per heavy atom. The summed E-state index contributed by atoms with van der Waals surface area (Å²) in [4.78, 5) is 0.353. The van der Waals surface area contributed by atoms with Crippen molar-refractivity contribution in [3.8, 4) is 5.75 Å². The van der Waals surface area contributed by atoms with E-state index in [1.807, 2.05) is 26.0 Å². The molecule has 3 rings (SSSR count). The van der Waals surface area contributed by atoms with Crippen LogP contribution in [-0.2, 0) is 10.0 Å². The Bertz CT molecular complexity index is 656. The van der Waals surface area contributed by atoms with Gasteiger partial charge in [-0.15, -0.1) is 0 Å². The first-order valence-electron chi connectivity index (χ1n) is 6.91. The third-order valence-corrected chi connectivity index (χ3v) is 5.62. The van der Waals surface area contributed by atoms with Crippen molar-refractivity contribution in [2.75, 3.05) is 13.1 Å². The quantitative estimate of drug-likeness (QED) is 0.842.